The summed E-state index contributed by atoms with van der Waals surface area (Å²) in [4.78, 5) is 3.98. The first-order valence-electron chi connectivity index (χ1n) is 3.43. The molecule has 0 aromatic rings. The average molecular weight is 143 g/mol. The van der Waals surface area contributed by atoms with Crippen molar-refractivity contribution in [1.82, 2.24) is 5.32 Å². The molecule has 10 heavy (non-hydrogen) atoms. The highest BCUT2D eigenvalue weighted by molar-refractivity contribution is 5.57. The van der Waals surface area contributed by atoms with Gasteiger partial charge in [0.05, 0.1) is 19.5 Å². The molecule has 2 atom stereocenters. The average Bonchev–Trinajstić information content (AvgIpc) is 2.40. The topological polar surface area (TPSA) is 70.6 Å². The van der Waals surface area contributed by atoms with E-state index in [-0.39, 0.29) is 12.6 Å². The fourth-order valence-corrected chi connectivity index (χ4v) is 0.973. The quantitative estimate of drug-likeness (QED) is 0.459. The molecule has 0 amide bonds. The van der Waals surface area contributed by atoms with Crippen LogP contribution >= 0.6 is 0 Å². The summed E-state index contributed by atoms with van der Waals surface area (Å²) in [6, 6.07) is 0.223. The van der Waals surface area contributed by atoms with Crippen LogP contribution in [0, 0.1) is 0 Å². The number of aliphatic hydroxyl groups excluding tert-OH is 1. The van der Waals surface area contributed by atoms with E-state index in [1.54, 1.807) is 6.34 Å². The van der Waals surface area contributed by atoms with Gasteiger partial charge >= 0.3 is 0 Å². The minimum absolute atomic E-state index is 0.0537. The van der Waals surface area contributed by atoms with Crippen LogP contribution in [0.1, 0.15) is 6.42 Å². The summed E-state index contributed by atoms with van der Waals surface area (Å²) >= 11 is 0. The number of aliphatic imine (C=N–C) groups is 1. The molecule has 1 aliphatic heterocycles. The molecule has 4 N–H and O–H groups in total. The van der Waals surface area contributed by atoms with Gasteiger partial charge < -0.3 is 16.2 Å². The van der Waals surface area contributed by atoms with E-state index in [1.807, 2.05) is 0 Å². The first-order valence-corrected chi connectivity index (χ1v) is 3.43. The predicted molar refractivity (Wildman–Crippen MR) is 40.0 cm³/mol. The smallest absolute Gasteiger partial charge is 0.0827 e. The fourth-order valence-electron chi connectivity index (χ4n) is 0.973. The third kappa shape index (κ3) is 1.97. The summed E-state index contributed by atoms with van der Waals surface area (Å²) in [6.07, 6.45) is 2.48. The van der Waals surface area contributed by atoms with Crippen LogP contribution in [-0.4, -0.2) is 36.7 Å². The zero-order valence-electron chi connectivity index (χ0n) is 5.83. The molecule has 0 radical (unpaired) electrons. The predicted octanol–water partition coefficient (Wildman–Crippen LogP) is -1.30. The van der Waals surface area contributed by atoms with Crippen molar-refractivity contribution in [2.75, 3.05) is 13.2 Å². The Bertz CT molecular complexity index is 118. The van der Waals surface area contributed by atoms with Gasteiger partial charge in [-0.05, 0) is 6.42 Å². The first-order chi connectivity index (χ1) is 4.83. The van der Waals surface area contributed by atoms with E-state index >= 15 is 0 Å². The van der Waals surface area contributed by atoms with Gasteiger partial charge in [-0.15, -0.1) is 0 Å². The van der Waals surface area contributed by atoms with Gasteiger partial charge in [-0.3, -0.25) is 4.99 Å². The van der Waals surface area contributed by atoms with Crippen molar-refractivity contribution in [2.24, 2.45) is 10.7 Å². The molecule has 4 nitrogen and oxygen atoms in total. The Morgan fingerprint density at radius 2 is 2.70 bits per heavy atom. The number of rotatable bonds is 3. The van der Waals surface area contributed by atoms with Crippen LogP contribution < -0.4 is 11.1 Å². The maximum Gasteiger partial charge on any atom is 0.0827 e. The second-order valence-corrected chi connectivity index (χ2v) is 2.54. The molecule has 0 bridgehead atoms. The van der Waals surface area contributed by atoms with E-state index in [0.717, 1.165) is 13.0 Å². The van der Waals surface area contributed by atoms with Crippen LogP contribution in [0.4, 0.5) is 0 Å². The normalized spacial score (nSPS) is 26.4. The molecule has 1 heterocycles. The van der Waals surface area contributed by atoms with Gasteiger partial charge in [0, 0.05) is 12.1 Å². The van der Waals surface area contributed by atoms with E-state index in [0.29, 0.717) is 6.04 Å². The Labute approximate surface area is 60.1 Å². The molecule has 1 aliphatic rings. The number of nitrogens with zero attached hydrogens (tertiary/aromatic N) is 1. The fraction of sp³-hybridized carbons (Fsp3) is 0.833. The monoisotopic (exact) mass is 143 g/mol. The molecule has 0 aromatic carbocycles. The Hall–Kier alpha value is -0.610. The van der Waals surface area contributed by atoms with Crippen LogP contribution in [-0.2, 0) is 0 Å². The van der Waals surface area contributed by atoms with Crippen molar-refractivity contribution >= 4 is 6.34 Å². The summed E-state index contributed by atoms with van der Waals surface area (Å²) in [5, 5.41) is 11.6. The van der Waals surface area contributed by atoms with Crippen molar-refractivity contribution in [2.45, 2.75) is 18.5 Å². The lowest BCUT2D eigenvalue weighted by molar-refractivity contribution is 0.253. The van der Waals surface area contributed by atoms with E-state index in [4.69, 9.17) is 10.8 Å². The Kier molecular flexibility index (Phi) is 2.65. The van der Waals surface area contributed by atoms with Crippen LogP contribution in [0.25, 0.3) is 0 Å². The third-order valence-electron chi connectivity index (χ3n) is 1.55. The third-order valence-corrected chi connectivity index (χ3v) is 1.55. The highest BCUT2D eigenvalue weighted by Crippen LogP contribution is 1.99. The lowest BCUT2D eigenvalue weighted by atomic mass is 10.1. The highest BCUT2D eigenvalue weighted by atomic mass is 16.3. The van der Waals surface area contributed by atoms with Gasteiger partial charge in [0.15, 0.2) is 0 Å². The molecule has 0 aromatic heterocycles. The van der Waals surface area contributed by atoms with Crippen LogP contribution in [0.5, 0.6) is 0 Å². The lowest BCUT2D eigenvalue weighted by Crippen LogP contribution is -2.35. The molecule has 0 saturated carbocycles. The molecule has 58 valence electrons. The van der Waals surface area contributed by atoms with E-state index in [1.165, 1.54) is 0 Å². The van der Waals surface area contributed by atoms with Gasteiger partial charge in [0.1, 0.15) is 0 Å². The van der Waals surface area contributed by atoms with Crippen LogP contribution in [0.15, 0.2) is 4.99 Å². The second-order valence-electron chi connectivity index (χ2n) is 2.54. The highest BCUT2D eigenvalue weighted by Gasteiger charge is 2.13. The van der Waals surface area contributed by atoms with Gasteiger partial charge in [-0.1, -0.05) is 0 Å². The van der Waals surface area contributed by atoms with Crippen molar-refractivity contribution in [3.05, 3.63) is 0 Å². The summed E-state index contributed by atoms with van der Waals surface area (Å²) < 4.78 is 0. The van der Waals surface area contributed by atoms with Crippen molar-refractivity contribution in [1.29, 1.82) is 0 Å². The molecular weight excluding hydrogens is 130 g/mol. The maximum atomic E-state index is 8.60. The Balaban J connectivity index is 2.13. The largest absolute Gasteiger partial charge is 0.395 e. The van der Waals surface area contributed by atoms with E-state index in [2.05, 4.69) is 10.3 Å². The standard InChI is InChI=1S/C6H13N3O/c7-5(3-10)1-6-2-8-4-9-6/h4-6,10H,1-3,7H2,(H,8,9)/t5-,6?/m0/s1. The van der Waals surface area contributed by atoms with Crippen molar-refractivity contribution < 1.29 is 5.11 Å². The number of aliphatic hydroxyl groups is 1. The number of hydrogen-bond acceptors (Lipinski definition) is 4. The molecule has 0 spiro atoms. The maximum absolute atomic E-state index is 8.60. The zero-order valence-corrected chi connectivity index (χ0v) is 5.83. The Morgan fingerprint density at radius 1 is 1.90 bits per heavy atom. The molecule has 0 fully saturated rings. The summed E-state index contributed by atoms with van der Waals surface area (Å²) in [5.41, 5.74) is 5.51. The number of nitrogens with one attached hydrogen (secondary N) is 1. The van der Waals surface area contributed by atoms with Gasteiger partial charge in [0.2, 0.25) is 0 Å². The molecule has 4 heteroatoms. The zero-order chi connectivity index (χ0) is 7.40. The van der Waals surface area contributed by atoms with Gasteiger partial charge in [-0.2, -0.15) is 0 Å². The Morgan fingerprint density at radius 3 is 3.20 bits per heavy atom. The van der Waals surface area contributed by atoms with E-state index in [9.17, 15) is 0 Å². The van der Waals surface area contributed by atoms with E-state index < -0.39 is 0 Å². The minimum Gasteiger partial charge on any atom is -0.395 e. The van der Waals surface area contributed by atoms with Crippen molar-refractivity contribution in [3.8, 4) is 0 Å². The molecule has 1 rings (SSSR count). The number of nitrogens with two attached hydrogens (primary N) is 1. The minimum atomic E-state index is -0.112. The molecular formula is C6H13N3O. The summed E-state index contributed by atoms with van der Waals surface area (Å²) in [5.74, 6) is 0. The first kappa shape index (κ1) is 7.50. The van der Waals surface area contributed by atoms with Crippen molar-refractivity contribution in [3.63, 3.8) is 0 Å². The second kappa shape index (κ2) is 3.53. The molecule has 1 unspecified atom stereocenters. The van der Waals surface area contributed by atoms with Gasteiger partial charge in [0.25, 0.3) is 0 Å². The summed E-state index contributed by atoms with van der Waals surface area (Å²) in [6.45, 7) is 0.839. The lowest BCUT2D eigenvalue weighted by Gasteiger charge is -2.13. The number of hydrogen-bond donors (Lipinski definition) is 3. The molecule has 0 aliphatic carbocycles. The van der Waals surface area contributed by atoms with Crippen LogP contribution in [0.3, 0.4) is 0 Å². The SMILES string of the molecule is N[C@H](CO)CC1CN=CN1. The molecule has 0 saturated heterocycles. The van der Waals surface area contributed by atoms with Gasteiger partial charge in [-0.25, -0.2) is 0 Å². The van der Waals surface area contributed by atoms with Crippen LogP contribution in [0.2, 0.25) is 0 Å². The summed E-state index contributed by atoms with van der Waals surface area (Å²) in [7, 11) is 0.